The maximum Gasteiger partial charge on any atom is 0.274 e. The molecule has 0 atom stereocenters. The van der Waals surface area contributed by atoms with Gasteiger partial charge in [0.05, 0.1) is 11.0 Å². The van der Waals surface area contributed by atoms with Gasteiger partial charge in [0, 0.05) is 11.5 Å². The van der Waals surface area contributed by atoms with Gasteiger partial charge in [-0.05, 0) is 12.1 Å². The summed E-state index contributed by atoms with van der Waals surface area (Å²) in [7, 11) is 0. The SMILES string of the molecule is O=[N+]([O-])c1cc(Cl)nc(-c2cc3ccccc3o2)c1. The summed E-state index contributed by atoms with van der Waals surface area (Å²) in [5.74, 6) is 0.451. The molecule has 2 aromatic heterocycles. The van der Waals surface area contributed by atoms with Crippen LogP contribution < -0.4 is 0 Å². The average Bonchev–Trinajstić information content (AvgIpc) is 2.81. The number of para-hydroxylation sites is 1. The van der Waals surface area contributed by atoms with Crippen LogP contribution >= 0.6 is 11.6 Å². The van der Waals surface area contributed by atoms with Crippen LogP contribution in [0.3, 0.4) is 0 Å². The molecule has 19 heavy (non-hydrogen) atoms. The lowest BCUT2D eigenvalue weighted by molar-refractivity contribution is -0.384. The van der Waals surface area contributed by atoms with Crippen LogP contribution in [0.5, 0.6) is 0 Å². The second-order valence-electron chi connectivity index (χ2n) is 3.94. The number of hydrogen-bond donors (Lipinski definition) is 0. The van der Waals surface area contributed by atoms with E-state index in [1.807, 2.05) is 24.3 Å². The molecule has 0 N–H and O–H groups in total. The minimum absolute atomic E-state index is 0.0599. The minimum atomic E-state index is -0.514. The molecule has 0 aliphatic carbocycles. The highest BCUT2D eigenvalue weighted by atomic mass is 35.5. The monoisotopic (exact) mass is 274 g/mol. The van der Waals surface area contributed by atoms with Crippen molar-refractivity contribution in [3.8, 4) is 11.5 Å². The van der Waals surface area contributed by atoms with E-state index in [0.717, 1.165) is 5.39 Å². The number of hydrogen-bond acceptors (Lipinski definition) is 4. The van der Waals surface area contributed by atoms with Crippen LogP contribution in [0, 0.1) is 10.1 Å². The van der Waals surface area contributed by atoms with E-state index in [0.29, 0.717) is 17.0 Å². The Kier molecular flexibility index (Phi) is 2.68. The first-order valence-corrected chi connectivity index (χ1v) is 5.82. The molecule has 0 radical (unpaired) electrons. The van der Waals surface area contributed by atoms with E-state index in [2.05, 4.69) is 4.98 Å². The number of halogens is 1. The Balaban J connectivity index is 2.17. The highest BCUT2D eigenvalue weighted by molar-refractivity contribution is 6.29. The van der Waals surface area contributed by atoms with Gasteiger partial charge < -0.3 is 4.42 Å². The molecule has 2 heterocycles. The van der Waals surface area contributed by atoms with E-state index in [4.69, 9.17) is 16.0 Å². The van der Waals surface area contributed by atoms with E-state index in [1.54, 1.807) is 6.07 Å². The van der Waals surface area contributed by atoms with Gasteiger partial charge >= 0.3 is 0 Å². The topological polar surface area (TPSA) is 69.2 Å². The first kappa shape index (κ1) is 11.7. The fourth-order valence-corrected chi connectivity index (χ4v) is 2.03. The van der Waals surface area contributed by atoms with Gasteiger partial charge in [0.2, 0.25) is 0 Å². The summed E-state index contributed by atoms with van der Waals surface area (Å²) in [6.45, 7) is 0. The van der Waals surface area contributed by atoms with Crippen molar-refractivity contribution in [2.24, 2.45) is 0 Å². The van der Waals surface area contributed by atoms with Crippen LogP contribution in [-0.4, -0.2) is 9.91 Å². The van der Waals surface area contributed by atoms with Gasteiger partial charge in [-0.1, -0.05) is 29.8 Å². The first-order valence-electron chi connectivity index (χ1n) is 5.44. The van der Waals surface area contributed by atoms with Crippen LogP contribution in [-0.2, 0) is 0 Å². The molecule has 0 aliphatic rings. The normalized spacial score (nSPS) is 10.8. The third-order valence-electron chi connectivity index (χ3n) is 2.67. The van der Waals surface area contributed by atoms with Crippen LogP contribution in [0.15, 0.2) is 46.9 Å². The lowest BCUT2D eigenvalue weighted by Crippen LogP contribution is -1.91. The third kappa shape index (κ3) is 2.15. The Morgan fingerprint density at radius 1 is 1.21 bits per heavy atom. The molecule has 0 bridgehead atoms. The second kappa shape index (κ2) is 4.37. The van der Waals surface area contributed by atoms with Crippen molar-refractivity contribution in [2.45, 2.75) is 0 Å². The number of nitrogens with zero attached hydrogens (tertiary/aromatic N) is 2. The predicted octanol–water partition coefficient (Wildman–Crippen LogP) is 4.06. The zero-order valence-electron chi connectivity index (χ0n) is 9.54. The van der Waals surface area contributed by atoms with E-state index < -0.39 is 4.92 Å². The summed E-state index contributed by atoms with van der Waals surface area (Å²) in [5, 5.41) is 11.8. The number of aromatic nitrogens is 1. The van der Waals surface area contributed by atoms with Gasteiger partial charge in [-0.15, -0.1) is 0 Å². The van der Waals surface area contributed by atoms with Gasteiger partial charge in [-0.2, -0.15) is 0 Å². The van der Waals surface area contributed by atoms with Crippen LogP contribution in [0.4, 0.5) is 5.69 Å². The quantitative estimate of drug-likeness (QED) is 0.401. The molecule has 3 rings (SSSR count). The fraction of sp³-hybridized carbons (Fsp3) is 0. The Hall–Kier alpha value is -2.40. The number of rotatable bonds is 2. The molecular formula is C13H7ClN2O3. The van der Waals surface area contributed by atoms with Crippen molar-refractivity contribution in [3.05, 3.63) is 57.7 Å². The van der Waals surface area contributed by atoms with Gasteiger partial charge in [0.15, 0.2) is 5.76 Å². The first-order chi connectivity index (χ1) is 9.13. The van der Waals surface area contributed by atoms with Crippen molar-refractivity contribution in [2.75, 3.05) is 0 Å². The summed E-state index contributed by atoms with van der Waals surface area (Å²) in [6.07, 6.45) is 0. The van der Waals surface area contributed by atoms with E-state index in [-0.39, 0.29) is 10.8 Å². The number of pyridine rings is 1. The Labute approximate surface area is 112 Å². The molecule has 0 unspecified atom stereocenters. The molecule has 3 aromatic rings. The van der Waals surface area contributed by atoms with Crippen molar-refractivity contribution in [3.63, 3.8) is 0 Å². The average molecular weight is 275 g/mol. The van der Waals surface area contributed by atoms with Crippen molar-refractivity contribution < 1.29 is 9.34 Å². The maximum atomic E-state index is 10.8. The largest absolute Gasteiger partial charge is 0.454 e. The zero-order chi connectivity index (χ0) is 13.4. The summed E-state index contributed by atoms with van der Waals surface area (Å²) in [4.78, 5) is 14.3. The van der Waals surface area contributed by atoms with Crippen molar-refractivity contribution in [1.29, 1.82) is 0 Å². The lowest BCUT2D eigenvalue weighted by atomic mass is 10.2. The molecule has 94 valence electrons. The van der Waals surface area contributed by atoms with Crippen LogP contribution in [0.25, 0.3) is 22.4 Å². The van der Waals surface area contributed by atoms with Crippen LogP contribution in [0.1, 0.15) is 0 Å². The zero-order valence-corrected chi connectivity index (χ0v) is 10.3. The second-order valence-corrected chi connectivity index (χ2v) is 4.33. The highest BCUT2D eigenvalue weighted by Gasteiger charge is 2.14. The molecule has 1 aromatic carbocycles. The van der Waals surface area contributed by atoms with E-state index in [9.17, 15) is 10.1 Å². The van der Waals surface area contributed by atoms with E-state index in [1.165, 1.54) is 12.1 Å². The third-order valence-corrected chi connectivity index (χ3v) is 2.86. The summed E-state index contributed by atoms with van der Waals surface area (Å²) < 4.78 is 5.60. The summed E-state index contributed by atoms with van der Waals surface area (Å²) in [6, 6.07) is 11.8. The summed E-state index contributed by atoms with van der Waals surface area (Å²) in [5.41, 5.74) is 0.924. The molecular weight excluding hydrogens is 268 g/mol. The van der Waals surface area contributed by atoms with Crippen LogP contribution in [0.2, 0.25) is 5.15 Å². The van der Waals surface area contributed by atoms with Gasteiger partial charge in [0.25, 0.3) is 5.69 Å². The molecule has 0 amide bonds. The smallest absolute Gasteiger partial charge is 0.274 e. The highest BCUT2D eigenvalue weighted by Crippen LogP contribution is 2.29. The number of furan rings is 1. The van der Waals surface area contributed by atoms with Crippen molar-refractivity contribution >= 4 is 28.3 Å². The van der Waals surface area contributed by atoms with Gasteiger partial charge in [-0.3, -0.25) is 10.1 Å². The van der Waals surface area contributed by atoms with Gasteiger partial charge in [-0.25, -0.2) is 4.98 Å². The minimum Gasteiger partial charge on any atom is -0.454 e. The Morgan fingerprint density at radius 2 is 2.00 bits per heavy atom. The Morgan fingerprint density at radius 3 is 2.74 bits per heavy atom. The number of nitro groups is 1. The van der Waals surface area contributed by atoms with E-state index >= 15 is 0 Å². The molecule has 0 saturated heterocycles. The number of benzene rings is 1. The maximum absolute atomic E-state index is 10.8. The number of fused-ring (bicyclic) bond motifs is 1. The molecule has 5 nitrogen and oxygen atoms in total. The molecule has 0 saturated carbocycles. The Bertz CT molecular complexity index is 749. The standard InChI is InChI=1S/C13H7ClN2O3/c14-13-7-9(16(17)18)6-10(15-13)12-5-8-3-1-2-4-11(8)19-12/h1-7H. The molecule has 6 heteroatoms. The van der Waals surface area contributed by atoms with Crippen molar-refractivity contribution in [1.82, 2.24) is 4.98 Å². The van der Waals surface area contributed by atoms with Gasteiger partial charge in [0.1, 0.15) is 16.4 Å². The molecule has 0 fully saturated rings. The predicted molar refractivity (Wildman–Crippen MR) is 71.1 cm³/mol. The summed E-state index contributed by atoms with van der Waals surface area (Å²) >= 11 is 5.79. The lowest BCUT2D eigenvalue weighted by Gasteiger charge is -1.97. The molecule has 0 spiro atoms. The fourth-order valence-electron chi connectivity index (χ4n) is 1.82. The molecule has 0 aliphatic heterocycles.